The predicted octanol–water partition coefficient (Wildman–Crippen LogP) is 8.18. The van der Waals surface area contributed by atoms with Crippen LogP contribution in [0.1, 0.15) is 80.7 Å². The van der Waals surface area contributed by atoms with Gasteiger partial charge >= 0.3 is 0 Å². The fourth-order valence-electron chi connectivity index (χ4n) is 6.07. The molecule has 0 aliphatic carbocycles. The molecule has 4 rings (SSSR count). The lowest BCUT2D eigenvalue weighted by Gasteiger charge is -2.28. The topological polar surface area (TPSA) is 22.2 Å². The second-order valence-electron chi connectivity index (χ2n) is 11.3. The van der Waals surface area contributed by atoms with E-state index in [4.69, 9.17) is 4.74 Å². The fraction of sp³-hybridized carbons (Fsp3) is 0.500. The summed E-state index contributed by atoms with van der Waals surface area (Å²) in [4.78, 5) is 7.25. The van der Waals surface area contributed by atoms with Gasteiger partial charge in [0.15, 0.2) is 0 Å². The van der Waals surface area contributed by atoms with E-state index >= 15 is 0 Å². The number of nitrogens with zero attached hydrogens (tertiary/aromatic N) is 3. The number of unbranched alkanes of at least 4 members (excludes halogenated alkanes) is 1. The van der Waals surface area contributed by atoms with Crippen LogP contribution >= 0.6 is 0 Å². The normalized spacial score (nSPS) is 14.4. The van der Waals surface area contributed by atoms with Gasteiger partial charge in [0.1, 0.15) is 0 Å². The fourth-order valence-corrected chi connectivity index (χ4v) is 6.07. The van der Waals surface area contributed by atoms with Crippen molar-refractivity contribution < 1.29 is 4.74 Å². The molecule has 216 valence electrons. The quantitative estimate of drug-likeness (QED) is 0.110. The molecule has 1 heterocycles. The monoisotopic (exact) mass is 541 g/mol. The number of epoxide rings is 1. The van der Waals surface area contributed by atoms with Gasteiger partial charge in [-0.3, -0.25) is 0 Å². The molecule has 1 unspecified atom stereocenters. The van der Waals surface area contributed by atoms with Crippen LogP contribution in [0, 0.1) is 13.8 Å². The highest BCUT2D eigenvalue weighted by molar-refractivity contribution is 5.59. The number of aryl methyl sites for hydroxylation is 2. The maximum Gasteiger partial charge on any atom is 0.0810 e. The van der Waals surface area contributed by atoms with Gasteiger partial charge in [0.2, 0.25) is 0 Å². The highest BCUT2D eigenvalue weighted by atomic mass is 16.6. The summed E-state index contributed by atoms with van der Waals surface area (Å²) < 4.78 is 5.37. The van der Waals surface area contributed by atoms with Crippen LogP contribution in [-0.2, 0) is 4.74 Å². The molecule has 0 amide bonds. The molecule has 3 aromatic rings. The molecule has 0 spiro atoms. The van der Waals surface area contributed by atoms with Gasteiger partial charge in [-0.1, -0.05) is 24.3 Å². The van der Waals surface area contributed by atoms with Crippen LogP contribution in [0.2, 0.25) is 0 Å². The van der Waals surface area contributed by atoms with E-state index in [0.717, 1.165) is 39.3 Å². The van der Waals surface area contributed by atoms with Crippen LogP contribution in [0.25, 0.3) is 0 Å². The highest BCUT2D eigenvalue weighted by Crippen LogP contribution is 2.38. The molecule has 3 aromatic carbocycles. The average molecular weight is 542 g/mol. The molecule has 1 saturated heterocycles. The largest absolute Gasteiger partial charge is 0.375 e. The third-order valence-corrected chi connectivity index (χ3v) is 8.73. The molecule has 0 N–H and O–H groups in total. The lowest BCUT2D eigenvalue weighted by molar-refractivity contribution is 0.390. The molecule has 40 heavy (non-hydrogen) atoms. The summed E-state index contributed by atoms with van der Waals surface area (Å²) in [5.74, 6) is 0.189. The molecular formula is C36H51N3O. The van der Waals surface area contributed by atoms with E-state index in [-0.39, 0.29) is 5.92 Å². The molecule has 1 aliphatic heterocycles. The molecule has 4 heteroatoms. The Morgan fingerprint density at radius 2 is 1.18 bits per heavy atom. The second-order valence-corrected chi connectivity index (χ2v) is 11.3. The Morgan fingerprint density at radius 3 is 1.60 bits per heavy atom. The molecule has 0 saturated carbocycles. The summed E-state index contributed by atoms with van der Waals surface area (Å²) in [5, 5.41) is 0. The van der Waals surface area contributed by atoms with Crippen LogP contribution in [0.5, 0.6) is 0 Å². The Balaban J connectivity index is 1.66. The molecule has 1 fully saturated rings. The minimum absolute atomic E-state index is 0.189. The molecule has 0 bridgehead atoms. The van der Waals surface area contributed by atoms with Crippen molar-refractivity contribution in [3.8, 4) is 0 Å². The summed E-state index contributed by atoms with van der Waals surface area (Å²) >= 11 is 0. The number of anilines is 3. The van der Waals surface area contributed by atoms with E-state index < -0.39 is 0 Å². The van der Waals surface area contributed by atoms with Gasteiger partial charge in [0, 0.05) is 62.8 Å². The summed E-state index contributed by atoms with van der Waals surface area (Å²) in [7, 11) is 2.21. The third kappa shape index (κ3) is 7.20. The number of rotatable bonds is 15. The van der Waals surface area contributed by atoms with Gasteiger partial charge in [-0.05, 0) is 125 Å². The van der Waals surface area contributed by atoms with Gasteiger partial charge in [0.05, 0.1) is 12.7 Å². The van der Waals surface area contributed by atoms with Gasteiger partial charge in [-0.25, -0.2) is 0 Å². The van der Waals surface area contributed by atoms with E-state index in [2.05, 4.69) is 124 Å². The zero-order valence-corrected chi connectivity index (χ0v) is 26.0. The first kappa shape index (κ1) is 30.0. The summed E-state index contributed by atoms with van der Waals surface area (Å²) in [6, 6.07) is 23.5. The summed E-state index contributed by atoms with van der Waals surface area (Å²) in [5.41, 5.74) is 10.7. The maximum atomic E-state index is 5.37. The lowest BCUT2D eigenvalue weighted by atomic mass is 9.81. The highest BCUT2D eigenvalue weighted by Gasteiger charge is 2.23. The number of benzene rings is 3. The SMILES string of the molecule is CCN(CC)c1ccc(C(c2ccc(N(C)CCCCC3CO3)cc2)c2ccc(N(CC)CC)cc2C)c(C)c1. The van der Waals surface area contributed by atoms with Gasteiger partial charge < -0.3 is 19.4 Å². The molecule has 0 radical (unpaired) electrons. The van der Waals surface area contributed by atoms with Crippen molar-refractivity contribution in [1.82, 2.24) is 0 Å². The Labute approximate surface area is 244 Å². The van der Waals surface area contributed by atoms with Gasteiger partial charge in [0.25, 0.3) is 0 Å². The van der Waals surface area contributed by atoms with Crippen molar-refractivity contribution in [2.45, 2.75) is 72.8 Å². The van der Waals surface area contributed by atoms with Crippen molar-refractivity contribution in [2.24, 2.45) is 0 Å². The third-order valence-electron chi connectivity index (χ3n) is 8.73. The zero-order chi connectivity index (χ0) is 28.6. The Hall–Kier alpha value is -2.98. The lowest BCUT2D eigenvalue weighted by Crippen LogP contribution is -2.22. The average Bonchev–Trinajstić information content (AvgIpc) is 3.79. The minimum atomic E-state index is 0.189. The summed E-state index contributed by atoms with van der Waals surface area (Å²) in [6.07, 6.45) is 4.18. The first-order valence-corrected chi connectivity index (χ1v) is 15.5. The van der Waals surface area contributed by atoms with E-state index in [9.17, 15) is 0 Å². The van der Waals surface area contributed by atoms with Crippen molar-refractivity contribution in [2.75, 3.05) is 61.1 Å². The molecular weight excluding hydrogens is 490 g/mol. The Morgan fingerprint density at radius 1 is 0.700 bits per heavy atom. The van der Waals surface area contributed by atoms with E-state index in [1.165, 1.54) is 64.1 Å². The second kappa shape index (κ2) is 14.1. The van der Waals surface area contributed by atoms with Crippen molar-refractivity contribution in [1.29, 1.82) is 0 Å². The summed E-state index contributed by atoms with van der Waals surface area (Å²) in [6.45, 7) is 19.6. The molecule has 0 aromatic heterocycles. The van der Waals surface area contributed by atoms with E-state index in [1.54, 1.807) is 0 Å². The Bertz CT molecular complexity index is 1150. The van der Waals surface area contributed by atoms with Crippen LogP contribution in [-0.4, -0.2) is 52.5 Å². The number of ether oxygens (including phenoxy) is 1. The van der Waals surface area contributed by atoms with Crippen molar-refractivity contribution in [3.05, 3.63) is 88.5 Å². The van der Waals surface area contributed by atoms with Crippen molar-refractivity contribution in [3.63, 3.8) is 0 Å². The van der Waals surface area contributed by atoms with Crippen LogP contribution in [0.3, 0.4) is 0 Å². The molecule has 4 nitrogen and oxygen atoms in total. The first-order valence-electron chi connectivity index (χ1n) is 15.5. The van der Waals surface area contributed by atoms with Crippen LogP contribution in [0.4, 0.5) is 17.1 Å². The number of hydrogen-bond acceptors (Lipinski definition) is 4. The molecule has 1 aliphatic rings. The van der Waals surface area contributed by atoms with Crippen LogP contribution in [0.15, 0.2) is 60.7 Å². The minimum Gasteiger partial charge on any atom is -0.375 e. The first-order chi connectivity index (χ1) is 19.4. The Kier molecular flexibility index (Phi) is 10.6. The van der Waals surface area contributed by atoms with Crippen LogP contribution < -0.4 is 14.7 Å². The van der Waals surface area contributed by atoms with E-state index in [1.807, 2.05) is 0 Å². The molecule has 1 atom stereocenters. The zero-order valence-electron chi connectivity index (χ0n) is 26.0. The maximum absolute atomic E-state index is 5.37. The standard InChI is InChI=1S/C36H51N3O/c1-8-38(9-2)31-19-21-34(27(5)24-31)36(35-22-20-32(25-28(35)6)39(10-3)11-4)29-15-17-30(18-16-29)37(7)23-13-12-14-33-26-40-33/h15-22,24-25,33,36H,8-14,23,26H2,1-7H3. The predicted molar refractivity (Wildman–Crippen MR) is 174 cm³/mol. The smallest absolute Gasteiger partial charge is 0.0810 e. The van der Waals surface area contributed by atoms with E-state index in [0.29, 0.717) is 6.10 Å². The van der Waals surface area contributed by atoms with Crippen molar-refractivity contribution >= 4 is 17.1 Å². The van der Waals surface area contributed by atoms with Gasteiger partial charge in [-0.2, -0.15) is 0 Å². The number of hydrogen-bond donors (Lipinski definition) is 0. The van der Waals surface area contributed by atoms with Gasteiger partial charge in [-0.15, -0.1) is 0 Å².